The predicted molar refractivity (Wildman–Crippen MR) is 65.1 cm³/mol. The van der Waals surface area contributed by atoms with E-state index in [0.29, 0.717) is 0 Å². The smallest absolute Gasteiger partial charge is 0.206 e. The van der Waals surface area contributed by atoms with Gasteiger partial charge in [-0.25, -0.2) is 0 Å². The van der Waals surface area contributed by atoms with Crippen molar-refractivity contribution in [2.75, 3.05) is 0 Å². The van der Waals surface area contributed by atoms with Gasteiger partial charge in [0.1, 0.15) is 0 Å². The lowest BCUT2D eigenvalue weighted by atomic mass is 10.1. The maximum atomic E-state index is 14.0. The van der Waals surface area contributed by atoms with Gasteiger partial charge in [-0.2, -0.15) is 4.39 Å². The molecule has 0 radical (unpaired) electrons. The van der Waals surface area contributed by atoms with Crippen molar-refractivity contribution in [2.24, 2.45) is 0 Å². The lowest BCUT2D eigenvalue weighted by molar-refractivity contribution is -0.0429. The molecule has 0 saturated carbocycles. The quantitative estimate of drug-likeness (QED) is 0.796. The van der Waals surface area contributed by atoms with Gasteiger partial charge in [0, 0.05) is 5.56 Å². The largest absolute Gasteiger partial charge is 0.488 e. The first-order valence-electron chi connectivity index (χ1n) is 5.84. The molecular weight excluding hydrogens is 239 g/mol. The Labute approximate surface area is 106 Å². The highest BCUT2D eigenvalue weighted by atomic mass is 19.1. The number of aliphatic hydroxyl groups is 2. The topological polar surface area (TPSA) is 58.9 Å². The highest BCUT2D eigenvalue weighted by Crippen LogP contribution is 2.32. The molecule has 5 heteroatoms. The van der Waals surface area contributed by atoms with Crippen molar-refractivity contribution in [1.82, 2.24) is 0 Å². The first kappa shape index (κ1) is 14.7. The van der Waals surface area contributed by atoms with E-state index in [2.05, 4.69) is 0 Å². The molecule has 18 heavy (non-hydrogen) atoms. The van der Waals surface area contributed by atoms with E-state index in [1.165, 1.54) is 12.1 Å². The second-order valence-corrected chi connectivity index (χ2v) is 4.54. The zero-order valence-corrected chi connectivity index (χ0v) is 11.0. The molecule has 0 unspecified atom stereocenters. The number of halogens is 1. The van der Waals surface area contributed by atoms with E-state index in [-0.39, 0.29) is 29.3 Å². The molecule has 0 aliphatic rings. The number of rotatable bonds is 5. The summed E-state index contributed by atoms with van der Waals surface area (Å²) in [6.07, 6.45) is -2.15. The van der Waals surface area contributed by atoms with Gasteiger partial charge in [-0.15, -0.1) is 0 Å². The van der Waals surface area contributed by atoms with E-state index in [1.54, 1.807) is 27.7 Å². The number of hydrogen-bond acceptors (Lipinski definition) is 4. The first-order valence-corrected chi connectivity index (χ1v) is 5.84. The minimum Gasteiger partial charge on any atom is -0.488 e. The van der Waals surface area contributed by atoms with E-state index >= 15 is 0 Å². The highest BCUT2D eigenvalue weighted by Gasteiger charge is 2.17. The summed E-state index contributed by atoms with van der Waals surface area (Å²) in [7, 11) is 0. The van der Waals surface area contributed by atoms with Crippen molar-refractivity contribution in [1.29, 1.82) is 0 Å². The number of ether oxygens (including phenoxy) is 2. The molecule has 102 valence electrons. The number of aliphatic hydroxyl groups excluding tert-OH is 1. The predicted octanol–water partition coefficient (Wildman–Crippen LogP) is 2.38. The van der Waals surface area contributed by atoms with Crippen LogP contribution in [-0.4, -0.2) is 22.4 Å². The molecule has 1 rings (SSSR count). The van der Waals surface area contributed by atoms with Crippen LogP contribution in [0.1, 0.15) is 39.5 Å². The van der Waals surface area contributed by atoms with Crippen LogP contribution in [0.3, 0.4) is 0 Å². The molecule has 4 nitrogen and oxygen atoms in total. The molecule has 2 N–H and O–H groups in total. The van der Waals surface area contributed by atoms with Gasteiger partial charge in [-0.1, -0.05) is 0 Å². The van der Waals surface area contributed by atoms with Crippen LogP contribution < -0.4 is 9.47 Å². The van der Waals surface area contributed by atoms with Gasteiger partial charge < -0.3 is 19.7 Å². The van der Waals surface area contributed by atoms with Crippen LogP contribution in [0.15, 0.2) is 12.1 Å². The van der Waals surface area contributed by atoms with Crippen molar-refractivity contribution in [3.63, 3.8) is 0 Å². The lowest BCUT2D eigenvalue weighted by Gasteiger charge is -2.17. The van der Waals surface area contributed by atoms with Crippen molar-refractivity contribution < 1.29 is 24.1 Å². The SMILES string of the molecule is CC(C)Oc1cc(C(O)O)cc(OC(C)C)c1F. The summed E-state index contributed by atoms with van der Waals surface area (Å²) in [6, 6.07) is 2.51. The second-order valence-electron chi connectivity index (χ2n) is 4.54. The Morgan fingerprint density at radius 2 is 1.33 bits per heavy atom. The molecule has 0 amide bonds. The van der Waals surface area contributed by atoms with Crippen LogP contribution >= 0.6 is 0 Å². The molecule has 0 saturated heterocycles. The van der Waals surface area contributed by atoms with Gasteiger partial charge in [0.2, 0.25) is 5.82 Å². The van der Waals surface area contributed by atoms with E-state index in [1.807, 2.05) is 0 Å². The molecular formula is C13H19FO4. The van der Waals surface area contributed by atoms with Crippen LogP contribution in [0.25, 0.3) is 0 Å². The Balaban J connectivity index is 3.19. The summed E-state index contributed by atoms with van der Waals surface area (Å²) >= 11 is 0. The average Bonchev–Trinajstić information content (AvgIpc) is 2.22. The standard InChI is InChI=1S/C13H19FO4/c1-7(2)17-10-5-9(13(15)16)6-11(12(10)14)18-8(3)4/h5-8,13,15-16H,1-4H3. The molecule has 0 atom stereocenters. The normalized spacial score (nSPS) is 11.4. The fourth-order valence-corrected chi connectivity index (χ4v) is 1.42. The molecule has 1 aromatic rings. The van der Waals surface area contributed by atoms with Crippen LogP contribution in [0.5, 0.6) is 11.5 Å². The minimum atomic E-state index is -1.70. The summed E-state index contributed by atoms with van der Waals surface area (Å²) < 4.78 is 24.6. The Morgan fingerprint density at radius 1 is 0.944 bits per heavy atom. The van der Waals surface area contributed by atoms with Gasteiger partial charge in [-0.3, -0.25) is 0 Å². The van der Waals surface area contributed by atoms with Crippen molar-refractivity contribution in [3.05, 3.63) is 23.5 Å². The Bertz CT molecular complexity index is 371. The summed E-state index contributed by atoms with van der Waals surface area (Å²) in [5.41, 5.74) is 0.128. The Morgan fingerprint density at radius 3 is 1.61 bits per heavy atom. The molecule has 1 aromatic carbocycles. The van der Waals surface area contributed by atoms with Crippen LogP contribution in [0.4, 0.5) is 4.39 Å². The molecule has 0 fully saturated rings. The second kappa shape index (κ2) is 6.02. The molecule has 0 bridgehead atoms. The zero-order valence-electron chi connectivity index (χ0n) is 11.0. The van der Waals surface area contributed by atoms with E-state index in [4.69, 9.17) is 19.7 Å². The molecule has 0 aromatic heterocycles. The third-order valence-corrected chi connectivity index (χ3v) is 2.05. The summed E-state index contributed by atoms with van der Waals surface area (Å²) in [6.45, 7) is 7.02. The maximum absolute atomic E-state index is 14.0. The fourth-order valence-electron chi connectivity index (χ4n) is 1.42. The van der Waals surface area contributed by atoms with Gasteiger partial charge in [0.15, 0.2) is 17.8 Å². The highest BCUT2D eigenvalue weighted by molar-refractivity contribution is 5.41. The van der Waals surface area contributed by atoms with Crippen LogP contribution in [0.2, 0.25) is 0 Å². The fraction of sp³-hybridized carbons (Fsp3) is 0.538. The number of benzene rings is 1. The molecule has 0 heterocycles. The van der Waals surface area contributed by atoms with Crippen molar-refractivity contribution in [3.8, 4) is 11.5 Å². The number of hydrogen-bond donors (Lipinski definition) is 2. The van der Waals surface area contributed by atoms with Gasteiger partial charge in [-0.05, 0) is 39.8 Å². The zero-order chi connectivity index (χ0) is 13.9. The van der Waals surface area contributed by atoms with Crippen LogP contribution in [-0.2, 0) is 0 Å². The monoisotopic (exact) mass is 258 g/mol. The third-order valence-electron chi connectivity index (χ3n) is 2.05. The van der Waals surface area contributed by atoms with Gasteiger partial charge >= 0.3 is 0 Å². The van der Waals surface area contributed by atoms with Crippen LogP contribution in [0, 0.1) is 5.82 Å². The minimum absolute atomic E-state index is 0.0498. The Kier molecular flexibility index (Phi) is 4.93. The molecule has 0 aliphatic heterocycles. The average molecular weight is 258 g/mol. The van der Waals surface area contributed by atoms with Gasteiger partial charge in [0.25, 0.3) is 0 Å². The van der Waals surface area contributed by atoms with Gasteiger partial charge in [0.05, 0.1) is 12.2 Å². The summed E-state index contributed by atoms with van der Waals surface area (Å²) in [5.74, 6) is -0.737. The Hall–Kier alpha value is -1.33. The van der Waals surface area contributed by atoms with E-state index < -0.39 is 12.1 Å². The lowest BCUT2D eigenvalue weighted by Crippen LogP contribution is -2.12. The molecule has 0 spiro atoms. The third kappa shape index (κ3) is 3.85. The summed E-state index contributed by atoms with van der Waals surface area (Å²) in [5, 5.41) is 18.3. The van der Waals surface area contributed by atoms with E-state index in [9.17, 15) is 4.39 Å². The van der Waals surface area contributed by atoms with Crippen molar-refractivity contribution >= 4 is 0 Å². The van der Waals surface area contributed by atoms with Crippen molar-refractivity contribution in [2.45, 2.75) is 46.2 Å². The molecule has 0 aliphatic carbocycles. The summed E-state index contributed by atoms with van der Waals surface area (Å²) in [4.78, 5) is 0. The maximum Gasteiger partial charge on any atom is 0.206 e. The van der Waals surface area contributed by atoms with E-state index in [0.717, 1.165) is 0 Å². The first-order chi connectivity index (χ1) is 8.31.